The van der Waals surface area contributed by atoms with Crippen molar-refractivity contribution in [1.82, 2.24) is 0 Å². The smallest absolute Gasteiger partial charge is 0.142 e. The fourth-order valence-electron chi connectivity index (χ4n) is 2.31. The molecule has 0 aliphatic carbocycles. The third-order valence-electron chi connectivity index (χ3n) is 3.24. The standard InChI is InChI=1S/C18H18O/c19-15-9-3-8-14-18(16-10-4-1-5-11-16)17-12-6-2-7-13-17/h1-7,9-13,15,18H,8,14H2. The first kappa shape index (κ1) is 13.3. The average Bonchev–Trinajstić information content (AvgIpc) is 2.49. The van der Waals surface area contributed by atoms with E-state index < -0.39 is 0 Å². The lowest BCUT2D eigenvalue weighted by atomic mass is 9.87. The van der Waals surface area contributed by atoms with Crippen molar-refractivity contribution in [1.29, 1.82) is 0 Å². The number of allylic oxidation sites excluding steroid dienone is 2. The van der Waals surface area contributed by atoms with Crippen molar-refractivity contribution in [2.75, 3.05) is 0 Å². The summed E-state index contributed by atoms with van der Waals surface area (Å²) in [6.07, 6.45) is 6.27. The van der Waals surface area contributed by atoms with Gasteiger partial charge in [0.05, 0.1) is 0 Å². The highest BCUT2D eigenvalue weighted by molar-refractivity contribution is 5.64. The van der Waals surface area contributed by atoms with Gasteiger partial charge in [0.25, 0.3) is 0 Å². The van der Waals surface area contributed by atoms with Crippen LogP contribution in [0.3, 0.4) is 0 Å². The van der Waals surface area contributed by atoms with Gasteiger partial charge < -0.3 is 0 Å². The Morgan fingerprint density at radius 1 is 0.842 bits per heavy atom. The molecule has 2 aromatic rings. The van der Waals surface area contributed by atoms with Gasteiger partial charge in [-0.25, -0.2) is 0 Å². The zero-order valence-corrected chi connectivity index (χ0v) is 10.9. The molecule has 0 aliphatic rings. The van der Waals surface area contributed by atoms with E-state index in [0.717, 1.165) is 19.1 Å². The van der Waals surface area contributed by atoms with Crippen molar-refractivity contribution < 1.29 is 4.79 Å². The summed E-state index contributed by atoms with van der Waals surface area (Å²) in [5.74, 6) is 0.388. The maximum Gasteiger partial charge on any atom is 0.142 e. The summed E-state index contributed by atoms with van der Waals surface area (Å²) in [7, 11) is 0. The second-order valence-corrected chi connectivity index (χ2v) is 4.52. The first-order valence-corrected chi connectivity index (χ1v) is 6.62. The van der Waals surface area contributed by atoms with Gasteiger partial charge in [0.2, 0.25) is 0 Å². The fourth-order valence-corrected chi connectivity index (χ4v) is 2.31. The summed E-state index contributed by atoms with van der Waals surface area (Å²) < 4.78 is 0. The molecule has 1 heteroatoms. The molecule has 1 nitrogen and oxygen atoms in total. The second kappa shape index (κ2) is 7.32. The van der Waals surface area contributed by atoms with Crippen LogP contribution in [0, 0.1) is 0 Å². The number of hydrogen-bond acceptors (Lipinski definition) is 1. The van der Waals surface area contributed by atoms with Crippen LogP contribution in [0.5, 0.6) is 0 Å². The Kier molecular flexibility index (Phi) is 5.12. The van der Waals surface area contributed by atoms with Crippen LogP contribution in [0.4, 0.5) is 0 Å². The number of hydrogen-bond donors (Lipinski definition) is 0. The maximum absolute atomic E-state index is 10.3. The van der Waals surface area contributed by atoms with Gasteiger partial charge in [-0.1, -0.05) is 66.7 Å². The molecule has 0 bridgehead atoms. The lowest BCUT2D eigenvalue weighted by Gasteiger charge is -2.17. The van der Waals surface area contributed by atoms with E-state index in [1.165, 1.54) is 11.1 Å². The molecule has 0 saturated heterocycles. The van der Waals surface area contributed by atoms with Gasteiger partial charge in [0.15, 0.2) is 0 Å². The summed E-state index contributed by atoms with van der Waals surface area (Å²) in [6.45, 7) is 0. The van der Waals surface area contributed by atoms with E-state index in [-0.39, 0.29) is 0 Å². The van der Waals surface area contributed by atoms with E-state index >= 15 is 0 Å². The van der Waals surface area contributed by atoms with Crippen LogP contribution in [0.15, 0.2) is 72.8 Å². The SMILES string of the molecule is O=CC=CCCC(c1ccccc1)c1ccccc1. The Labute approximate surface area is 114 Å². The third-order valence-corrected chi connectivity index (χ3v) is 3.24. The van der Waals surface area contributed by atoms with Crippen molar-refractivity contribution in [2.24, 2.45) is 0 Å². The van der Waals surface area contributed by atoms with Crippen LogP contribution in [-0.2, 0) is 4.79 Å². The molecule has 0 unspecified atom stereocenters. The molecule has 2 aromatic carbocycles. The van der Waals surface area contributed by atoms with Gasteiger partial charge in [-0.05, 0) is 30.0 Å². The number of carbonyl (C=O) groups excluding carboxylic acids is 1. The van der Waals surface area contributed by atoms with Crippen LogP contribution in [0.2, 0.25) is 0 Å². The Morgan fingerprint density at radius 3 is 1.84 bits per heavy atom. The molecule has 0 spiro atoms. The monoisotopic (exact) mass is 250 g/mol. The third kappa shape index (κ3) is 3.92. The second-order valence-electron chi connectivity index (χ2n) is 4.52. The highest BCUT2D eigenvalue weighted by Gasteiger charge is 2.12. The lowest BCUT2D eigenvalue weighted by molar-refractivity contribution is -0.104. The van der Waals surface area contributed by atoms with E-state index in [2.05, 4.69) is 48.5 Å². The predicted octanol–water partition coefficient (Wildman–Crippen LogP) is 4.35. The van der Waals surface area contributed by atoms with Gasteiger partial charge in [-0.15, -0.1) is 0 Å². The zero-order chi connectivity index (χ0) is 13.3. The van der Waals surface area contributed by atoms with E-state index in [9.17, 15) is 4.79 Å². The molecule has 0 saturated carbocycles. The zero-order valence-electron chi connectivity index (χ0n) is 10.9. The minimum absolute atomic E-state index is 0.388. The molecule has 0 fully saturated rings. The van der Waals surface area contributed by atoms with Gasteiger partial charge in [0, 0.05) is 5.92 Å². The number of rotatable bonds is 6. The normalized spacial score (nSPS) is 11.0. The molecule has 0 amide bonds. The molecule has 96 valence electrons. The first-order chi connectivity index (χ1) is 9.42. The topological polar surface area (TPSA) is 17.1 Å². The van der Waals surface area contributed by atoms with Crippen molar-refractivity contribution in [3.8, 4) is 0 Å². The van der Waals surface area contributed by atoms with E-state index in [0.29, 0.717) is 5.92 Å². The molecular formula is C18H18O. The molecule has 0 atom stereocenters. The Bertz CT molecular complexity index is 474. The minimum Gasteiger partial charge on any atom is -0.299 e. The van der Waals surface area contributed by atoms with Gasteiger partial charge >= 0.3 is 0 Å². The molecule has 0 aliphatic heterocycles. The van der Waals surface area contributed by atoms with Crippen LogP contribution in [0.25, 0.3) is 0 Å². The van der Waals surface area contributed by atoms with Crippen molar-refractivity contribution in [3.05, 3.63) is 83.9 Å². The van der Waals surface area contributed by atoms with E-state index in [1.807, 2.05) is 18.2 Å². The lowest BCUT2D eigenvalue weighted by Crippen LogP contribution is -2.00. The van der Waals surface area contributed by atoms with Gasteiger partial charge in [-0.3, -0.25) is 4.79 Å². The number of carbonyl (C=O) groups is 1. The molecule has 2 rings (SSSR count). The van der Waals surface area contributed by atoms with Gasteiger partial charge in [0.1, 0.15) is 6.29 Å². The highest BCUT2D eigenvalue weighted by Crippen LogP contribution is 2.28. The number of aldehydes is 1. The Hall–Kier alpha value is -2.15. The predicted molar refractivity (Wildman–Crippen MR) is 79.2 cm³/mol. The van der Waals surface area contributed by atoms with Crippen LogP contribution < -0.4 is 0 Å². The first-order valence-electron chi connectivity index (χ1n) is 6.62. The number of benzene rings is 2. The van der Waals surface area contributed by atoms with Crippen molar-refractivity contribution >= 4 is 6.29 Å². The Morgan fingerprint density at radius 2 is 1.37 bits per heavy atom. The molecule has 19 heavy (non-hydrogen) atoms. The molecule has 0 radical (unpaired) electrons. The summed E-state index contributed by atoms with van der Waals surface area (Å²) in [4.78, 5) is 10.3. The molecular weight excluding hydrogens is 232 g/mol. The van der Waals surface area contributed by atoms with Crippen LogP contribution in [0.1, 0.15) is 29.9 Å². The minimum atomic E-state index is 0.388. The average molecular weight is 250 g/mol. The fraction of sp³-hybridized carbons (Fsp3) is 0.167. The summed E-state index contributed by atoms with van der Waals surface area (Å²) in [6, 6.07) is 21.1. The molecule has 0 aromatic heterocycles. The summed E-state index contributed by atoms with van der Waals surface area (Å²) in [5.41, 5.74) is 2.65. The summed E-state index contributed by atoms with van der Waals surface area (Å²) >= 11 is 0. The maximum atomic E-state index is 10.3. The molecule has 0 N–H and O–H groups in total. The van der Waals surface area contributed by atoms with Crippen LogP contribution in [-0.4, -0.2) is 6.29 Å². The largest absolute Gasteiger partial charge is 0.299 e. The van der Waals surface area contributed by atoms with E-state index in [1.54, 1.807) is 6.08 Å². The quantitative estimate of drug-likeness (QED) is 0.550. The van der Waals surface area contributed by atoms with E-state index in [4.69, 9.17) is 0 Å². The van der Waals surface area contributed by atoms with Gasteiger partial charge in [-0.2, -0.15) is 0 Å². The van der Waals surface area contributed by atoms with Crippen molar-refractivity contribution in [2.45, 2.75) is 18.8 Å². The van der Waals surface area contributed by atoms with Crippen LogP contribution >= 0.6 is 0 Å². The van der Waals surface area contributed by atoms with Crippen molar-refractivity contribution in [3.63, 3.8) is 0 Å². The highest BCUT2D eigenvalue weighted by atomic mass is 16.1. The molecule has 0 heterocycles. The Balaban J connectivity index is 2.19. The summed E-state index contributed by atoms with van der Waals surface area (Å²) in [5, 5.41) is 0.